The molecule has 1 rings (SSSR count). The Bertz CT molecular complexity index is 480. The van der Waals surface area contributed by atoms with E-state index < -0.39 is 0 Å². The highest BCUT2D eigenvalue weighted by Gasteiger charge is 2.10. The first-order valence-electron chi connectivity index (χ1n) is 5.81. The maximum absolute atomic E-state index is 11.8. The number of ether oxygens (including phenoxy) is 1. The zero-order chi connectivity index (χ0) is 14.4. The molecule has 0 saturated carbocycles. The van der Waals surface area contributed by atoms with Crippen LogP contribution in [0.25, 0.3) is 0 Å². The van der Waals surface area contributed by atoms with Gasteiger partial charge in [-0.15, -0.1) is 0 Å². The predicted octanol–water partition coefficient (Wildman–Crippen LogP) is 2.27. The Labute approximate surface area is 127 Å². The van der Waals surface area contributed by atoms with Crippen LogP contribution in [0.2, 0.25) is 0 Å². The number of benzene rings is 1. The summed E-state index contributed by atoms with van der Waals surface area (Å²) in [5.74, 6) is 0.547. The summed E-state index contributed by atoms with van der Waals surface area (Å²) in [5.41, 5.74) is 6.52. The van der Waals surface area contributed by atoms with Gasteiger partial charge in [-0.05, 0) is 40.5 Å². The summed E-state index contributed by atoms with van der Waals surface area (Å²) in [6.45, 7) is 2.49. The summed E-state index contributed by atoms with van der Waals surface area (Å²) in [6, 6.07) is 5.71. The molecular formula is C13H17BrN2O2S. The molecule has 0 aromatic heterocycles. The number of likely N-dealkylation sites (N-methyl/N-ethyl adjacent to an activating group) is 1. The van der Waals surface area contributed by atoms with Crippen LogP contribution < -0.4 is 10.5 Å². The van der Waals surface area contributed by atoms with Crippen LogP contribution in [0.15, 0.2) is 22.7 Å². The molecule has 104 valence electrons. The minimum atomic E-state index is -0.108. The van der Waals surface area contributed by atoms with Crippen molar-refractivity contribution in [1.82, 2.24) is 4.90 Å². The summed E-state index contributed by atoms with van der Waals surface area (Å²) in [6.07, 6.45) is 0.520. The van der Waals surface area contributed by atoms with E-state index in [9.17, 15) is 4.79 Å². The Hall–Kier alpha value is -1.14. The van der Waals surface area contributed by atoms with Crippen LogP contribution in [0.4, 0.5) is 0 Å². The lowest BCUT2D eigenvalue weighted by atomic mass is 10.2. The lowest BCUT2D eigenvalue weighted by Crippen LogP contribution is -2.33. The van der Waals surface area contributed by atoms with Gasteiger partial charge in [0, 0.05) is 20.0 Å². The summed E-state index contributed by atoms with van der Waals surface area (Å²) < 4.78 is 6.32. The van der Waals surface area contributed by atoms with Crippen molar-refractivity contribution in [2.45, 2.75) is 13.3 Å². The molecule has 1 amide bonds. The van der Waals surface area contributed by atoms with Gasteiger partial charge in [0.15, 0.2) is 6.61 Å². The smallest absolute Gasteiger partial charge is 0.260 e. The maximum Gasteiger partial charge on any atom is 0.260 e. The summed E-state index contributed by atoms with van der Waals surface area (Å²) in [4.78, 5) is 13.8. The molecule has 1 aromatic rings. The molecule has 4 nitrogen and oxygen atoms in total. The van der Waals surface area contributed by atoms with Gasteiger partial charge in [-0.25, -0.2) is 0 Å². The third kappa shape index (κ3) is 5.57. The largest absolute Gasteiger partial charge is 0.483 e. The van der Waals surface area contributed by atoms with Gasteiger partial charge in [0.2, 0.25) is 0 Å². The second-order valence-corrected chi connectivity index (χ2v) is 5.63. The lowest BCUT2D eigenvalue weighted by Gasteiger charge is -2.17. The topological polar surface area (TPSA) is 55.6 Å². The molecule has 0 bridgehead atoms. The van der Waals surface area contributed by atoms with Crippen molar-refractivity contribution in [2.24, 2.45) is 5.73 Å². The first-order valence-corrected chi connectivity index (χ1v) is 7.01. The van der Waals surface area contributed by atoms with E-state index in [0.717, 1.165) is 10.0 Å². The van der Waals surface area contributed by atoms with Crippen molar-refractivity contribution < 1.29 is 9.53 Å². The minimum Gasteiger partial charge on any atom is -0.483 e. The van der Waals surface area contributed by atoms with Crippen molar-refractivity contribution in [1.29, 1.82) is 0 Å². The number of thiocarbonyl (C=S) groups is 1. The fraction of sp³-hybridized carbons (Fsp3) is 0.385. The van der Waals surface area contributed by atoms with E-state index in [0.29, 0.717) is 23.7 Å². The van der Waals surface area contributed by atoms with Gasteiger partial charge in [-0.1, -0.05) is 18.3 Å². The summed E-state index contributed by atoms with van der Waals surface area (Å²) in [5, 5.41) is 0. The standard InChI is InChI=1S/C13H17BrN2O2S/c1-9-3-4-11(10(14)7-9)18-8-13(17)16(2)6-5-12(15)19/h3-4,7H,5-6,8H2,1-2H3,(H2,15,19). The second kappa shape index (κ2) is 7.45. The van der Waals surface area contributed by atoms with E-state index in [-0.39, 0.29) is 12.5 Å². The Morgan fingerprint density at radius 2 is 2.21 bits per heavy atom. The third-order valence-corrected chi connectivity index (χ3v) is 3.38. The molecule has 19 heavy (non-hydrogen) atoms. The van der Waals surface area contributed by atoms with Crippen molar-refractivity contribution in [3.05, 3.63) is 28.2 Å². The van der Waals surface area contributed by atoms with E-state index in [2.05, 4.69) is 15.9 Å². The van der Waals surface area contributed by atoms with Crippen LogP contribution in [0.5, 0.6) is 5.75 Å². The number of rotatable bonds is 6. The van der Waals surface area contributed by atoms with Crippen molar-refractivity contribution in [2.75, 3.05) is 20.2 Å². The van der Waals surface area contributed by atoms with E-state index in [4.69, 9.17) is 22.7 Å². The van der Waals surface area contributed by atoms with E-state index in [1.807, 2.05) is 25.1 Å². The van der Waals surface area contributed by atoms with Gasteiger partial charge >= 0.3 is 0 Å². The van der Waals surface area contributed by atoms with Crippen molar-refractivity contribution in [3.8, 4) is 5.75 Å². The molecule has 0 heterocycles. The average molecular weight is 345 g/mol. The molecular weight excluding hydrogens is 328 g/mol. The number of halogens is 1. The van der Waals surface area contributed by atoms with E-state index in [1.165, 1.54) is 0 Å². The molecule has 0 radical (unpaired) electrons. The van der Waals surface area contributed by atoms with Crippen molar-refractivity contribution in [3.63, 3.8) is 0 Å². The molecule has 0 aliphatic heterocycles. The predicted molar refractivity (Wildman–Crippen MR) is 83.4 cm³/mol. The van der Waals surface area contributed by atoms with Crippen LogP contribution in [0, 0.1) is 6.92 Å². The van der Waals surface area contributed by atoms with Crippen LogP contribution in [-0.4, -0.2) is 36.0 Å². The molecule has 1 aromatic carbocycles. The Morgan fingerprint density at radius 1 is 1.53 bits per heavy atom. The van der Waals surface area contributed by atoms with Gasteiger partial charge in [0.1, 0.15) is 5.75 Å². The molecule has 0 aliphatic rings. The Kier molecular flexibility index (Phi) is 6.24. The quantitative estimate of drug-likeness (QED) is 0.804. The van der Waals surface area contributed by atoms with Crippen LogP contribution >= 0.6 is 28.1 Å². The number of carbonyl (C=O) groups is 1. The molecule has 0 aliphatic carbocycles. The van der Waals surface area contributed by atoms with E-state index in [1.54, 1.807) is 11.9 Å². The first-order chi connectivity index (χ1) is 8.90. The molecule has 0 unspecified atom stereocenters. The number of hydrogen-bond donors (Lipinski definition) is 1. The first kappa shape index (κ1) is 15.9. The maximum atomic E-state index is 11.8. The molecule has 6 heteroatoms. The summed E-state index contributed by atoms with van der Waals surface area (Å²) >= 11 is 8.17. The highest BCUT2D eigenvalue weighted by molar-refractivity contribution is 9.10. The normalized spacial score (nSPS) is 10.1. The Morgan fingerprint density at radius 3 is 2.79 bits per heavy atom. The number of nitrogens with zero attached hydrogens (tertiary/aromatic N) is 1. The van der Waals surface area contributed by atoms with Gasteiger partial charge in [0.25, 0.3) is 5.91 Å². The fourth-order valence-electron chi connectivity index (χ4n) is 1.38. The van der Waals surface area contributed by atoms with Gasteiger partial charge < -0.3 is 15.4 Å². The molecule has 2 N–H and O–H groups in total. The minimum absolute atomic E-state index is 0.00447. The Balaban J connectivity index is 2.47. The highest BCUT2D eigenvalue weighted by Crippen LogP contribution is 2.25. The number of hydrogen-bond acceptors (Lipinski definition) is 3. The number of amides is 1. The van der Waals surface area contributed by atoms with E-state index >= 15 is 0 Å². The zero-order valence-corrected chi connectivity index (χ0v) is 13.4. The molecule has 0 fully saturated rings. The monoisotopic (exact) mass is 344 g/mol. The molecule has 0 saturated heterocycles. The lowest BCUT2D eigenvalue weighted by molar-refractivity contribution is -0.131. The highest BCUT2D eigenvalue weighted by atomic mass is 79.9. The second-order valence-electron chi connectivity index (χ2n) is 4.25. The fourth-order valence-corrected chi connectivity index (χ4v) is 2.07. The van der Waals surface area contributed by atoms with Gasteiger partial charge in [0.05, 0.1) is 9.46 Å². The van der Waals surface area contributed by atoms with Crippen LogP contribution in [0.1, 0.15) is 12.0 Å². The summed E-state index contributed by atoms with van der Waals surface area (Å²) in [7, 11) is 1.70. The average Bonchev–Trinajstić information content (AvgIpc) is 2.34. The zero-order valence-electron chi connectivity index (χ0n) is 11.0. The number of aryl methyl sites for hydroxylation is 1. The third-order valence-electron chi connectivity index (χ3n) is 2.56. The number of carbonyl (C=O) groups excluding carboxylic acids is 1. The van der Waals surface area contributed by atoms with Gasteiger partial charge in [-0.3, -0.25) is 4.79 Å². The number of nitrogens with two attached hydrogens (primary N) is 1. The van der Waals surface area contributed by atoms with Crippen LogP contribution in [-0.2, 0) is 4.79 Å². The SMILES string of the molecule is Cc1ccc(OCC(=O)N(C)CCC(N)=S)c(Br)c1. The van der Waals surface area contributed by atoms with Crippen LogP contribution in [0.3, 0.4) is 0 Å². The molecule has 0 atom stereocenters. The van der Waals surface area contributed by atoms with Gasteiger partial charge in [-0.2, -0.15) is 0 Å². The van der Waals surface area contributed by atoms with Crippen molar-refractivity contribution >= 4 is 39.0 Å². The molecule has 0 spiro atoms.